The predicted octanol–water partition coefficient (Wildman–Crippen LogP) is 2.16. The summed E-state index contributed by atoms with van der Waals surface area (Å²) >= 11 is 0. The number of aryl methyl sites for hydroxylation is 1. The number of hydrogen-bond acceptors (Lipinski definition) is 4. The van der Waals surface area contributed by atoms with E-state index in [0.29, 0.717) is 32.0 Å². The molecule has 1 aromatic heterocycles. The molecule has 4 rings (SSSR count). The Morgan fingerprint density at radius 3 is 2.45 bits per heavy atom. The minimum Gasteiger partial charge on any atom is -0.342 e. The van der Waals surface area contributed by atoms with E-state index in [1.807, 2.05) is 35.3 Å². The van der Waals surface area contributed by atoms with Crippen molar-refractivity contribution in [2.24, 2.45) is 18.9 Å². The molecule has 0 unspecified atom stereocenters. The van der Waals surface area contributed by atoms with Crippen molar-refractivity contribution in [1.29, 1.82) is 0 Å². The summed E-state index contributed by atoms with van der Waals surface area (Å²) in [7, 11) is 2.03. The van der Waals surface area contributed by atoms with Crippen LogP contribution >= 0.6 is 0 Å². The lowest BCUT2D eigenvalue weighted by atomic mass is 10.0. The number of aromatic nitrogens is 2. The molecule has 2 saturated heterocycles. The highest BCUT2D eigenvalue weighted by Gasteiger charge is 2.38. The minimum absolute atomic E-state index is 0.0630. The smallest absolute Gasteiger partial charge is 0.228 e. The van der Waals surface area contributed by atoms with E-state index in [1.165, 1.54) is 5.56 Å². The standard InChI is InChI=1S/C24H33N5O2/c1-18(2)16-29-17-20(15-21(29)30)24(31)28-13-11-27(12-14-28)22(19-7-5-4-6-8-19)23-25-9-10-26(23)3/h4-10,18,20,22H,11-17H2,1-3H3/t20-,22-/m1/s1. The molecule has 3 heterocycles. The Hall–Kier alpha value is -2.67. The summed E-state index contributed by atoms with van der Waals surface area (Å²) in [5, 5.41) is 0. The molecular formula is C24H33N5O2. The van der Waals surface area contributed by atoms with Crippen molar-refractivity contribution in [2.75, 3.05) is 39.3 Å². The van der Waals surface area contributed by atoms with Crippen molar-refractivity contribution >= 4 is 11.8 Å². The van der Waals surface area contributed by atoms with Gasteiger partial charge in [0.25, 0.3) is 0 Å². The minimum atomic E-state index is -0.197. The number of carbonyl (C=O) groups is 2. The maximum absolute atomic E-state index is 13.1. The molecule has 2 aliphatic heterocycles. The number of benzene rings is 1. The number of likely N-dealkylation sites (tertiary alicyclic amines) is 1. The molecule has 7 nitrogen and oxygen atoms in total. The van der Waals surface area contributed by atoms with Crippen LogP contribution in [0.2, 0.25) is 0 Å². The number of hydrogen-bond donors (Lipinski definition) is 0. The lowest BCUT2D eigenvalue weighted by Gasteiger charge is -2.39. The fourth-order valence-corrected chi connectivity index (χ4v) is 4.81. The van der Waals surface area contributed by atoms with Gasteiger partial charge in [0, 0.05) is 65.1 Å². The summed E-state index contributed by atoms with van der Waals surface area (Å²) in [6.07, 6.45) is 4.17. The Morgan fingerprint density at radius 1 is 1.13 bits per heavy atom. The highest BCUT2D eigenvalue weighted by molar-refractivity contribution is 5.89. The highest BCUT2D eigenvalue weighted by atomic mass is 16.2. The van der Waals surface area contributed by atoms with Crippen molar-refractivity contribution in [2.45, 2.75) is 26.3 Å². The van der Waals surface area contributed by atoms with Gasteiger partial charge in [-0.3, -0.25) is 14.5 Å². The van der Waals surface area contributed by atoms with Gasteiger partial charge in [-0.05, 0) is 11.5 Å². The van der Waals surface area contributed by atoms with E-state index in [0.717, 1.165) is 25.5 Å². The molecular weight excluding hydrogens is 390 g/mol. The first-order valence-corrected chi connectivity index (χ1v) is 11.3. The predicted molar refractivity (Wildman–Crippen MR) is 119 cm³/mol. The number of amides is 2. The molecule has 31 heavy (non-hydrogen) atoms. The van der Waals surface area contributed by atoms with Gasteiger partial charge in [0.2, 0.25) is 11.8 Å². The Morgan fingerprint density at radius 2 is 1.84 bits per heavy atom. The zero-order valence-electron chi connectivity index (χ0n) is 18.8. The molecule has 0 spiro atoms. The van der Waals surface area contributed by atoms with Gasteiger partial charge in [-0.2, -0.15) is 0 Å². The number of imidazole rings is 1. The van der Waals surface area contributed by atoms with Gasteiger partial charge in [0.1, 0.15) is 5.82 Å². The van der Waals surface area contributed by atoms with Crippen molar-refractivity contribution in [3.05, 3.63) is 54.1 Å². The molecule has 0 saturated carbocycles. The third kappa shape index (κ3) is 4.66. The zero-order valence-corrected chi connectivity index (χ0v) is 18.8. The Labute approximate surface area is 184 Å². The second-order valence-corrected chi connectivity index (χ2v) is 9.16. The molecule has 0 bridgehead atoms. The molecule has 2 aliphatic rings. The fraction of sp³-hybridized carbons (Fsp3) is 0.542. The van der Waals surface area contributed by atoms with Crippen LogP contribution in [0.4, 0.5) is 0 Å². The lowest BCUT2D eigenvalue weighted by Crippen LogP contribution is -2.51. The summed E-state index contributed by atoms with van der Waals surface area (Å²) in [6, 6.07) is 10.5. The van der Waals surface area contributed by atoms with E-state index in [1.54, 1.807) is 0 Å². The van der Waals surface area contributed by atoms with Crippen LogP contribution in [0.3, 0.4) is 0 Å². The molecule has 2 atom stereocenters. The van der Waals surface area contributed by atoms with E-state index < -0.39 is 0 Å². The van der Waals surface area contributed by atoms with Crippen molar-refractivity contribution in [3.63, 3.8) is 0 Å². The quantitative estimate of drug-likeness (QED) is 0.714. The Bertz CT molecular complexity index is 902. The fourth-order valence-electron chi connectivity index (χ4n) is 4.81. The lowest BCUT2D eigenvalue weighted by molar-refractivity contribution is -0.137. The molecule has 2 amide bonds. The first-order chi connectivity index (χ1) is 14.9. The number of piperazine rings is 1. The van der Waals surface area contributed by atoms with Gasteiger partial charge in [-0.25, -0.2) is 4.98 Å². The Balaban J connectivity index is 1.42. The summed E-state index contributed by atoms with van der Waals surface area (Å²) in [4.78, 5) is 36.3. The number of carbonyl (C=O) groups excluding carboxylic acids is 2. The largest absolute Gasteiger partial charge is 0.342 e. The van der Waals surface area contributed by atoms with Crippen molar-refractivity contribution in [3.8, 4) is 0 Å². The van der Waals surface area contributed by atoms with Gasteiger partial charge in [-0.15, -0.1) is 0 Å². The van der Waals surface area contributed by atoms with Gasteiger partial charge < -0.3 is 14.4 Å². The maximum atomic E-state index is 13.1. The van der Waals surface area contributed by atoms with Crippen LogP contribution in [0, 0.1) is 11.8 Å². The SMILES string of the molecule is CC(C)CN1C[C@H](C(=O)N2CCN([C@H](c3ccccc3)c3nccn3C)CC2)CC1=O. The first kappa shape index (κ1) is 21.6. The second-order valence-electron chi connectivity index (χ2n) is 9.16. The molecule has 7 heteroatoms. The van der Waals surface area contributed by atoms with E-state index in [4.69, 9.17) is 0 Å². The summed E-state index contributed by atoms with van der Waals surface area (Å²) in [6.45, 7) is 8.44. The molecule has 2 aromatic rings. The number of rotatable bonds is 6. The summed E-state index contributed by atoms with van der Waals surface area (Å²) < 4.78 is 2.07. The molecule has 0 radical (unpaired) electrons. The van der Waals surface area contributed by atoms with Crippen LogP contribution in [0.15, 0.2) is 42.7 Å². The van der Waals surface area contributed by atoms with Crippen LogP contribution in [0.1, 0.15) is 37.7 Å². The first-order valence-electron chi connectivity index (χ1n) is 11.3. The average Bonchev–Trinajstić information content (AvgIpc) is 3.34. The third-order valence-electron chi connectivity index (χ3n) is 6.36. The van der Waals surface area contributed by atoms with Crippen LogP contribution < -0.4 is 0 Å². The molecule has 2 fully saturated rings. The molecule has 0 aliphatic carbocycles. The van der Waals surface area contributed by atoms with E-state index in [-0.39, 0.29) is 23.8 Å². The van der Waals surface area contributed by atoms with E-state index in [9.17, 15) is 9.59 Å². The monoisotopic (exact) mass is 423 g/mol. The molecule has 166 valence electrons. The topological polar surface area (TPSA) is 61.7 Å². The van der Waals surface area contributed by atoms with Gasteiger partial charge in [-0.1, -0.05) is 44.2 Å². The second kappa shape index (κ2) is 9.22. The van der Waals surface area contributed by atoms with Gasteiger partial charge in [0.15, 0.2) is 0 Å². The van der Waals surface area contributed by atoms with Crippen molar-refractivity contribution in [1.82, 2.24) is 24.3 Å². The molecule has 1 aromatic carbocycles. The Kier molecular flexibility index (Phi) is 6.41. The normalized spacial score (nSPS) is 21.2. The summed E-state index contributed by atoms with van der Waals surface area (Å²) in [5.74, 6) is 1.48. The van der Waals surface area contributed by atoms with E-state index in [2.05, 4.69) is 52.6 Å². The summed E-state index contributed by atoms with van der Waals surface area (Å²) in [5.41, 5.74) is 1.21. The van der Waals surface area contributed by atoms with E-state index >= 15 is 0 Å². The van der Waals surface area contributed by atoms with Gasteiger partial charge in [0.05, 0.1) is 12.0 Å². The maximum Gasteiger partial charge on any atom is 0.228 e. The average molecular weight is 424 g/mol. The third-order valence-corrected chi connectivity index (χ3v) is 6.36. The zero-order chi connectivity index (χ0) is 22.0. The van der Waals surface area contributed by atoms with Crippen LogP contribution in [0.25, 0.3) is 0 Å². The van der Waals surface area contributed by atoms with Crippen LogP contribution in [-0.2, 0) is 16.6 Å². The number of nitrogens with zero attached hydrogens (tertiary/aromatic N) is 5. The van der Waals surface area contributed by atoms with Gasteiger partial charge >= 0.3 is 0 Å². The van der Waals surface area contributed by atoms with Crippen molar-refractivity contribution < 1.29 is 9.59 Å². The van der Waals surface area contributed by atoms with Crippen LogP contribution in [0.5, 0.6) is 0 Å². The van der Waals surface area contributed by atoms with Crippen LogP contribution in [-0.4, -0.2) is 75.3 Å². The molecule has 0 N–H and O–H groups in total. The highest BCUT2D eigenvalue weighted by Crippen LogP contribution is 2.29.